The van der Waals surface area contributed by atoms with Crippen LogP contribution in [0, 0.1) is 5.41 Å². The van der Waals surface area contributed by atoms with Crippen molar-refractivity contribution in [3.05, 3.63) is 24.2 Å². The van der Waals surface area contributed by atoms with Crippen molar-refractivity contribution in [2.45, 2.75) is 51.4 Å². The molecule has 6 heteroatoms. The van der Waals surface area contributed by atoms with Crippen molar-refractivity contribution in [1.29, 1.82) is 0 Å². The Labute approximate surface area is 131 Å². The van der Waals surface area contributed by atoms with E-state index < -0.39 is 6.10 Å². The lowest BCUT2D eigenvalue weighted by atomic mass is 9.58. The molecule has 2 rings (SSSR count). The molecule has 1 heterocycles. The molecule has 1 aromatic heterocycles. The number of amides is 2. The third kappa shape index (κ3) is 3.13. The van der Waals surface area contributed by atoms with Gasteiger partial charge in [-0.2, -0.15) is 0 Å². The van der Waals surface area contributed by atoms with Gasteiger partial charge in [-0.25, -0.2) is 4.79 Å². The molecule has 1 aliphatic rings. The lowest BCUT2D eigenvalue weighted by Gasteiger charge is -2.54. The van der Waals surface area contributed by atoms with E-state index in [1.807, 2.05) is 0 Å². The highest BCUT2D eigenvalue weighted by Crippen LogP contribution is 2.48. The molecule has 1 aliphatic carbocycles. The van der Waals surface area contributed by atoms with Gasteiger partial charge in [0.25, 0.3) is 0 Å². The number of urea groups is 1. The highest BCUT2D eigenvalue weighted by Gasteiger charge is 2.53. The summed E-state index contributed by atoms with van der Waals surface area (Å²) in [4.78, 5) is 12.0. The van der Waals surface area contributed by atoms with Gasteiger partial charge in [0, 0.05) is 18.6 Å². The summed E-state index contributed by atoms with van der Waals surface area (Å²) in [5.74, 6) is 0.444. The van der Waals surface area contributed by atoms with Crippen LogP contribution in [0.4, 0.5) is 4.79 Å². The molecule has 0 saturated heterocycles. The molecule has 1 fully saturated rings. The first-order chi connectivity index (χ1) is 10.6. The molecule has 3 atom stereocenters. The topological polar surface area (TPSA) is 83.7 Å². The van der Waals surface area contributed by atoms with E-state index in [1.54, 1.807) is 19.2 Å². The predicted octanol–water partition coefficient (Wildman–Crippen LogP) is 2.21. The van der Waals surface area contributed by atoms with Gasteiger partial charge in [-0.1, -0.05) is 13.8 Å². The number of ether oxygens (including phenoxy) is 1. The van der Waals surface area contributed by atoms with Crippen molar-refractivity contribution in [3.63, 3.8) is 0 Å². The van der Waals surface area contributed by atoms with Gasteiger partial charge in [0.05, 0.1) is 18.9 Å². The third-order valence-corrected chi connectivity index (χ3v) is 5.02. The molecule has 6 nitrogen and oxygen atoms in total. The van der Waals surface area contributed by atoms with Gasteiger partial charge in [0.1, 0.15) is 11.9 Å². The molecular formula is C16H26N2O4. The maximum atomic E-state index is 12.0. The van der Waals surface area contributed by atoms with Crippen molar-refractivity contribution in [3.8, 4) is 0 Å². The molecule has 124 valence electrons. The summed E-state index contributed by atoms with van der Waals surface area (Å²) in [6.45, 7) is 4.37. The maximum absolute atomic E-state index is 12.0. The molecule has 1 aromatic rings. The van der Waals surface area contributed by atoms with Crippen LogP contribution in [-0.4, -0.2) is 36.9 Å². The van der Waals surface area contributed by atoms with Crippen LogP contribution in [0.3, 0.4) is 0 Å². The largest absolute Gasteiger partial charge is 0.467 e. The maximum Gasteiger partial charge on any atom is 0.315 e. The summed E-state index contributed by atoms with van der Waals surface area (Å²) in [5.41, 5.74) is 0.00567. The van der Waals surface area contributed by atoms with Crippen molar-refractivity contribution in [2.75, 3.05) is 13.7 Å². The van der Waals surface area contributed by atoms with E-state index in [9.17, 15) is 9.90 Å². The minimum Gasteiger partial charge on any atom is -0.467 e. The van der Waals surface area contributed by atoms with Crippen LogP contribution in [0.5, 0.6) is 0 Å². The van der Waals surface area contributed by atoms with E-state index in [0.717, 1.165) is 19.3 Å². The molecule has 1 saturated carbocycles. The average Bonchev–Trinajstić information content (AvgIpc) is 3.04. The molecule has 0 bridgehead atoms. The molecule has 0 aliphatic heterocycles. The monoisotopic (exact) mass is 310 g/mol. The normalized spacial score (nSPS) is 24.4. The molecule has 3 unspecified atom stereocenters. The van der Waals surface area contributed by atoms with Crippen molar-refractivity contribution in [2.24, 2.45) is 5.41 Å². The average molecular weight is 310 g/mol. The van der Waals surface area contributed by atoms with Crippen LogP contribution in [0.15, 0.2) is 22.8 Å². The van der Waals surface area contributed by atoms with Crippen LogP contribution < -0.4 is 10.6 Å². The number of furan rings is 1. The lowest BCUT2D eigenvalue weighted by Crippen LogP contribution is -2.65. The Morgan fingerprint density at radius 2 is 2.27 bits per heavy atom. The van der Waals surface area contributed by atoms with E-state index in [-0.39, 0.29) is 30.1 Å². The summed E-state index contributed by atoms with van der Waals surface area (Å²) in [6, 6.07) is 3.22. The van der Waals surface area contributed by atoms with Gasteiger partial charge in [-0.15, -0.1) is 0 Å². The van der Waals surface area contributed by atoms with Crippen LogP contribution in [0.2, 0.25) is 0 Å². The minimum atomic E-state index is -0.837. The van der Waals surface area contributed by atoms with Gasteiger partial charge in [0.15, 0.2) is 0 Å². The van der Waals surface area contributed by atoms with E-state index in [4.69, 9.17) is 9.15 Å². The molecule has 0 radical (unpaired) electrons. The predicted molar refractivity (Wildman–Crippen MR) is 82.4 cm³/mol. The van der Waals surface area contributed by atoms with E-state index in [0.29, 0.717) is 5.76 Å². The van der Waals surface area contributed by atoms with Gasteiger partial charge in [-0.3, -0.25) is 0 Å². The Morgan fingerprint density at radius 3 is 2.82 bits per heavy atom. The van der Waals surface area contributed by atoms with Crippen molar-refractivity contribution >= 4 is 6.03 Å². The summed E-state index contributed by atoms with van der Waals surface area (Å²) >= 11 is 0. The van der Waals surface area contributed by atoms with Gasteiger partial charge in [-0.05, 0) is 31.4 Å². The van der Waals surface area contributed by atoms with Gasteiger partial charge >= 0.3 is 6.03 Å². The molecule has 0 spiro atoms. The minimum absolute atomic E-state index is 0.00567. The number of rotatable bonds is 7. The van der Waals surface area contributed by atoms with E-state index in [1.165, 1.54) is 6.26 Å². The Kier molecular flexibility index (Phi) is 5.47. The number of hydrogen-bond donors (Lipinski definition) is 3. The number of carbonyl (C=O) groups excluding carboxylic acids is 1. The SMILES string of the molecule is CCC1(CC)C(NC(=O)NCC(O)c2ccco2)CC1OC. The van der Waals surface area contributed by atoms with Crippen LogP contribution in [0.25, 0.3) is 0 Å². The van der Waals surface area contributed by atoms with E-state index >= 15 is 0 Å². The summed E-state index contributed by atoms with van der Waals surface area (Å²) in [5, 5.41) is 15.6. The summed E-state index contributed by atoms with van der Waals surface area (Å²) in [6.07, 6.45) is 3.60. The molecule has 3 N–H and O–H groups in total. The Hall–Kier alpha value is -1.53. The number of aliphatic hydroxyl groups excluding tert-OH is 1. The Bertz CT molecular complexity index is 471. The number of aliphatic hydroxyl groups is 1. The van der Waals surface area contributed by atoms with Gasteiger partial charge in [0.2, 0.25) is 0 Å². The molecule has 22 heavy (non-hydrogen) atoms. The van der Waals surface area contributed by atoms with Gasteiger partial charge < -0.3 is 24.9 Å². The second-order valence-corrected chi connectivity index (χ2v) is 5.84. The van der Waals surface area contributed by atoms with Crippen LogP contribution >= 0.6 is 0 Å². The molecule has 0 aromatic carbocycles. The quantitative estimate of drug-likeness (QED) is 0.721. The van der Waals surface area contributed by atoms with Crippen LogP contribution in [0.1, 0.15) is 45.0 Å². The Morgan fingerprint density at radius 1 is 1.55 bits per heavy atom. The van der Waals surface area contributed by atoms with E-state index in [2.05, 4.69) is 24.5 Å². The first-order valence-corrected chi connectivity index (χ1v) is 7.86. The summed E-state index contributed by atoms with van der Waals surface area (Å²) < 4.78 is 10.6. The first-order valence-electron chi connectivity index (χ1n) is 7.86. The zero-order chi connectivity index (χ0) is 16.2. The highest BCUT2D eigenvalue weighted by molar-refractivity contribution is 5.74. The third-order valence-electron chi connectivity index (χ3n) is 5.02. The zero-order valence-electron chi connectivity index (χ0n) is 13.5. The fraction of sp³-hybridized carbons (Fsp3) is 0.688. The first kappa shape index (κ1) is 16.8. The summed E-state index contributed by atoms with van der Waals surface area (Å²) in [7, 11) is 1.72. The van der Waals surface area contributed by atoms with Crippen molar-refractivity contribution < 1.29 is 19.1 Å². The fourth-order valence-corrected chi connectivity index (χ4v) is 3.46. The van der Waals surface area contributed by atoms with Crippen LogP contribution in [-0.2, 0) is 4.74 Å². The number of nitrogens with one attached hydrogen (secondary N) is 2. The number of carbonyl (C=O) groups is 1. The number of methoxy groups -OCH3 is 1. The standard InChI is InChI=1S/C16H26N2O4/c1-4-16(5-2)13(9-14(16)21-3)18-15(20)17-10-11(19)12-7-6-8-22-12/h6-8,11,13-14,19H,4-5,9-10H2,1-3H3,(H2,17,18,20). The zero-order valence-corrected chi connectivity index (χ0v) is 13.5. The lowest BCUT2D eigenvalue weighted by molar-refractivity contribution is -0.119. The molecule has 2 amide bonds. The smallest absolute Gasteiger partial charge is 0.315 e. The highest BCUT2D eigenvalue weighted by atomic mass is 16.5. The Balaban J connectivity index is 1.82. The second-order valence-electron chi connectivity index (χ2n) is 5.84. The molecular weight excluding hydrogens is 284 g/mol. The second kappa shape index (κ2) is 7.15. The number of hydrogen-bond acceptors (Lipinski definition) is 4. The fourth-order valence-electron chi connectivity index (χ4n) is 3.46. The van der Waals surface area contributed by atoms with Crippen molar-refractivity contribution in [1.82, 2.24) is 10.6 Å².